The van der Waals surface area contributed by atoms with Crippen LogP contribution in [0.4, 0.5) is 0 Å². The fourth-order valence-electron chi connectivity index (χ4n) is 1.46. The van der Waals surface area contributed by atoms with Gasteiger partial charge in [0.25, 0.3) is 0 Å². The van der Waals surface area contributed by atoms with Gasteiger partial charge in [-0.25, -0.2) is 0 Å². The maximum Gasteiger partial charge on any atom is 0.317 e. The monoisotopic (exact) mass is 298 g/mol. The molecule has 0 aliphatic carbocycles. The lowest BCUT2D eigenvalue weighted by atomic mass is 10.2. The molecule has 102 valence electrons. The molecule has 1 aromatic rings. The van der Waals surface area contributed by atoms with Crippen LogP contribution in [0, 0.1) is 5.92 Å². The maximum absolute atomic E-state index is 11.4. The third-order valence-electron chi connectivity index (χ3n) is 2.48. The van der Waals surface area contributed by atoms with E-state index in [1.807, 2.05) is 28.3 Å². The minimum Gasteiger partial charge on any atom is -0.465 e. The van der Waals surface area contributed by atoms with Crippen molar-refractivity contribution in [2.75, 3.05) is 12.4 Å². The van der Waals surface area contributed by atoms with E-state index in [4.69, 9.17) is 9.47 Å². The van der Waals surface area contributed by atoms with E-state index in [0.29, 0.717) is 6.61 Å². The van der Waals surface area contributed by atoms with Crippen molar-refractivity contribution in [1.29, 1.82) is 0 Å². The summed E-state index contributed by atoms with van der Waals surface area (Å²) < 4.78 is 10.0. The molecule has 1 aromatic heterocycles. The molecule has 0 N–H and O–H groups in total. The van der Waals surface area contributed by atoms with Gasteiger partial charge in [-0.15, -0.1) is 11.8 Å². The molecule has 6 heteroatoms. The zero-order valence-electron chi connectivity index (χ0n) is 10.2. The number of thiophene rings is 1. The molecule has 0 saturated heterocycles. The van der Waals surface area contributed by atoms with Gasteiger partial charge in [-0.3, -0.25) is 9.59 Å². The van der Waals surface area contributed by atoms with Crippen LogP contribution < -0.4 is 0 Å². The van der Waals surface area contributed by atoms with Crippen LogP contribution in [-0.2, 0) is 25.7 Å². The van der Waals surface area contributed by atoms with Crippen molar-refractivity contribution in [3.8, 4) is 0 Å². The molecule has 1 atom stereocenters. The van der Waals surface area contributed by atoms with E-state index in [1.165, 1.54) is 11.3 Å². The molecular weight excluding hydrogens is 284 g/mol. The number of hydrogen-bond acceptors (Lipinski definition) is 6. The summed E-state index contributed by atoms with van der Waals surface area (Å²) in [4.78, 5) is 22.8. The summed E-state index contributed by atoms with van der Waals surface area (Å²) >= 11 is 3.23. The highest BCUT2D eigenvalue weighted by Gasteiger charge is 2.16. The normalized spacial score (nSPS) is 17.4. The Morgan fingerprint density at radius 2 is 2.16 bits per heavy atom. The third-order valence-corrected chi connectivity index (χ3v) is 4.19. The molecule has 2 heterocycles. The minimum atomic E-state index is -0.549. The van der Waals surface area contributed by atoms with Crippen LogP contribution in [0.1, 0.15) is 12.0 Å². The van der Waals surface area contributed by atoms with Gasteiger partial charge in [-0.05, 0) is 22.2 Å². The van der Waals surface area contributed by atoms with Crippen LogP contribution in [0.25, 0.3) is 0 Å². The number of rotatable bonds is 6. The lowest BCUT2D eigenvalue weighted by Crippen LogP contribution is -2.17. The zero-order chi connectivity index (χ0) is 13.5. The topological polar surface area (TPSA) is 52.6 Å². The van der Waals surface area contributed by atoms with E-state index in [9.17, 15) is 9.59 Å². The SMILES string of the molecule is O=C(CC(=O)OCC1C=CSC1)OCc1ccsc1. The molecule has 2 rings (SSSR count). The van der Waals surface area contributed by atoms with Crippen molar-refractivity contribution in [1.82, 2.24) is 0 Å². The first-order valence-electron chi connectivity index (χ1n) is 5.84. The van der Waals surface area contributed by atoms with Crippen LogP contribution in [0.2, 0.25) is 0 Å². The van der Waals surface area contributed by atoms with Crippen LogP contribution in [0.15, 0.2) is 28.3 Å². The summed E-state index contributed by atoms with van der Waals surface area (Å²) in [5.74, 6) is 0.111. The van der Waals surface area contributed by atoms with Gasteiger partial charge in [0.05, 0.1) is 6.61 Å². The standard InChI is InChI=1S/C13H14O4S2/c14-12(16-6-10-1-3-18-8-10)5-13(15)17-7-11-2-4-19-9-11/h1-4,8,11H,5-7,9H2. The molecule has 1 aliphatic rings. The lowest BCUT2D eigenvalue weighted by molar-refractivity contribution is -0.155. The first-order chi connectivity index (χ1) is 9.24. The highest BCUT2D eigenvalue weighted by Crippen LogP contribution is 2.20. The highest BCUT2D eigenvalue weighted by atomic mass is 32.2. The van der Waals surface area contributed by atoms with E-state index < -0.39 is 11.9 Å². The molecule has 0 aromatic carbocycles. The molecule has 0 saturated carbocycles. The largest absolute Gasteiger partial charge is 0.465 e. The molecule has 0 bridgehead atoms. The summed E-state index contributed by atoms with van der Waals surface area (Å²) in [7, 11) is 0. The van der Waals surface area contributed by atoms with Crippen molar-refractivity contribution >= 4 is 35.0 Å². The van der Waals surface area contributed by atoms with Crippen LogP contribution in [0.3, 0.4) is 0 Å². The third kappa shape index (κ3) is 5.08. The molecule has 0 radical (unpaired) electrons. The van der Waals surface area contributed by atoms with Gasteiger partial charge in [0.2, 0.25) is 0 Å². The number of esters is 2. The predicted octanol–water partition coefficient (Wildman–Crippen LogP) is 2.60. The molecule has 1 aliphatic heterocycles. The van der Waals surface area contributed by atoms with Crippen molar-refractivity contribution in [2.45, 2.75) is 13.0 Å². The Balaban J connectivity index is 1.61. The molecule has 19 heavy (non-hydrogen) atoms. The Morgan fingerprint density at radius 1 is 1.32 bits per heavy atom. The second-order valence-electron chi connectivity index (χ2n) is 4.07. The van der Waals surface area contributed by atoms with Gasteiger partial charge in [0.15, 0.2) is 0 Å². The Hall–Kier alpha value is -1.27. The average Bonchev–Trinajstić information content (AvgIpc) is 3.07. The Morgan fingerprint density at radius 3 is 2.84 bits per heavy atom. The summed E-state index contributed by atoms with van der Waals surface area (Å²) in [5.41, 5.74) is 0.930. The molecule has 0 amide bonds. The van der Waals surface area contributed by atoms with Gasteiger partial charge in [-0.2, -0.15) is 11.3 Å². The second-order valence-corrected chi connectivity index (χ2v) is 5.79. The fourth-order valence-corrected chi connectivity index (χ4v) is 3.02. The Kier molecular flexibility index (Phi) is 5.47. The Bertz CT molecular complexity index is 453. The van der Waals surface area contributed by atoms with E-state index in [1.54, 1.807) is 11.8 Å². The predicted molar refractivity (Wildman–Crippen MR) is 74.8 cm³/mol. The average molecular weight is 298 g/mol. The van der Waals surface area contributed by atoms with E-state index in [0.717, 1.165) is 11.3 Å². The first kappa shape index (κ1) is 14.1. The van der Waals surface area contributed by atoms with Gasteiger partial charge < -0.3 is 9.47 Å². The summed E-state index contributed by atoms with van der Waals surface area (Å²) in [6.07, 6.45) is 1.68. The smallest absolute Gasteiger partial charge is 0.317 e. The Labute approximate surface area is 119 Å². The van der Waals surface area contributed by atoms with Gasteiger partial charge in [0.1, 0.15) is 13.0 Å². The van der Waals surface area contributed by atoms with Gasteiger partial charge >= 0.3 is 11.9 Å². The van der Waals surface area contributed by atoms with Crippen LogP contribution >= 0.6 is 23.1 Å². The highest BCUT2D eigenvalue weighted by molar-refractivity contribution is 8.02. The summed E-state index contributed by atoms with van der Waals surface area (Å²) in [5, 5.41) is 5.80. The number of hydrogen-bond donors (Lipinski definition) is 0. The maximum atomic E-state index is 11.4. The summed E-state index contributed by atoms with van der Waals surface area (Å²) in [6.45, 7) is 0.539. The molecule has 1 unspecified atom stereocenters. The molecule has 0 fully saturated rings. The van der Waals surface area contributed by atoms with Gasteiger partial charge in [-0.1, -0.05) is 6.08 Å². The first-order valence-corrected chi connectivity index (χ1v) is 7.84. The second kappa shape index (κ2) is 7.35. The van der Waals surface area contributed by atoms with E-state index >= 15 is 0 Å². The van der Waals surface area contributed by atoms with Crippen LogP contribution in [-0.4, -0.2) is 24.3 Å². The summed E-state index contributed by atoms with van der Waals surface area (Å²) in [6, 6.07) is 1.88. The number of thioether (sulfide) groups is 1. The van der Waals surface area contributed by atoms with Crippen molar-refractivity contribution in [2.24, 2.45) is 5.92 Å². The van der Waals surface area contributed by atoms with Crippen molar-refractivity contribution in [3.63, 3.8) is 0 Å². The van der Waals surface area contributed by atoms with E-state index in [-0.39, 0.29) is 18.9 Å². The molecular formula is C13H14O4S2. The molecule has 4 nitrogen and oxygen atoms in total. The van der Waals surface area contributed by atoms with Crippen molar-refractivity contribution < 1.29 is 19.1 Å². The number of carbonyl (C=O) groups excluding carboxylic acids is 2. The molecule has 0 spiro atoms. The minimum absolute atomic E-state index is 0.206. The van der Waals surface area contributed by atoms with E-state index in [2.05, 4.69) is 0 Å². The number of ether oxygens (including phenoxy) is 2. The zero-order valence-corrected chi connectivity index (χ0v) is 11.9. The lowest BCUT2D eigenvalue weighted by Gasteiger charge is -2.08. The van der Waals surface area contributed by atoms with Gasteiger partial charge in [0, 0.05) is 17.2 Å². The van der Waals surface area contributed by atoms with Crippen LogP contribution in [0.5, 0.6) is 0 Å². The fraction of sp³-hybridized carbons (Fsp3) is 0.385. The van der Waals surface area contributed by atoms with Crippen molar-refractivity contribution in [3.05, 3.63) is 33.9 Å². The number of carbonyl (C=O) groups is 2. The quantitative estimate of drug-likeness (QED) is 0.597.